The predicted molar refractivity (Wildman–Crippen MR) is 82.6 cm³/mol. The van der Waals surface area contributed by atoms with Gasteiger partial charge in [-0.1, -0.05) is 26.0 Å². The zero-order chi connectivity index (χ0) is 15.9. The molecule has 0 saturated heterocycles. The molecule has 0 amide bonds. The van der Waals surface area contributed by atoms with Crippen LogP contribution in [0.2, 0.25) is 0 Å². The van der Waals surface area contributed by atoms with Gasteiger partial charge < -0.3 is 9.84 Å². The van der Waals surface area contributed by atoms with Crippen molar-refractivity contribution in [2.45, 2.75) is 38.7 Å². The molecule has 0 unspecified atom stereocenters. The molecule has 1 aromatic rings. The fourth-order valence-corrected chi connectivity index (χ4v) is 3.18. The molecule has 0 aromatic heterocycles. The quantitative estimate of drug-likeness (QED) is 0.682. The van der Waals surface area contributed by atoms with Gasteiger partial charge in [0.1, 0.15) is 0 Å². The van der Waals surface area contributed by atoms with Gasteiger partial charge >= 0.3 is 0 Å². The molecule has 120 valence electrons. The molecule has 0 saturated carbocycles. The summed E-state index contributed by atoms with van der Waals surface area (Å²) in [6.45, 7) is 7.26. The zero-order valence-electron chi connectivity index (χ0n) is 12.9. The van der Waals surface area contributed by atoms with Gasteiger partial charge in [0, 0.05) is 19.8 Å². The van der Waals surface area contributed by atoms with Gasteiger partial charge in [-0.15, -0.1) is 0 Å². The van der Waals surface area contributed by atoms with Gasteiger partial charge in [-0.3, -0.25) is 0 Å². The summed E-state index contributed by atoms with van der Waals surface area (Å²) in [4.78, 5) is 0.220. The summed E-state index contributed by atoms with van der Waals surface area (Å²) >= 11 is 0. The van der Waals surface area contributed by atoms with E-state index in [2.05, 4.69) is 18.6 Å². The molecule has 0 aliphatic rings. The molecule has 0 spiro atoms. The number of sulfonamides is 1. The van der Waals surface area contributed by atoms with E-state index in [1.165, 1.54) is 6.07 Å². The third-order valence-electron chi connectivity index (χ3n) is 2.93. The Morgan fingerprint density at radius 2 is 2.05 bits per heavy atom. The number of nitrogens with one attached hydrogen (secondary N) is 1. The minimum absolute atomic E-state index is 0.175. The maximum atomic E-state index is 12.2. The summed E-state index contributed by atoms with van der Waals surface area (Å²) < 4.78 is 32.4. The standard InChI is InChI=1S/C15H25NO4S/c1-12(2)11-20-8-4-7-16-21(18,19)15-9-14(10-17)6-5-13(15)3/h5-6,9,12,16-17H,4,7-8,10-11H2,1-3H3. The Morgan fingerprint density at radius 1 is 1.33 bits per heavy atom. The summed E-state index contributed by atoms with van der Waals surface area (Å²) in [5, 5.41) is 9.10. The van der Waals surface area contributed by atoms with Crippen LogP contribution in [-0.2, 0) is 21.4 Å². The molecule has 5 nitrogen and oxygen atoms in total. The highest BCUT2D eigenvalue weighted by Crippen LogP contribution is 2.17. The molecular weight excluding hydrogens is 290 g/mol. The maximum Gasteiger partial charge on any atom is 0.240 e. The molecule has 0 fully saturated rings. The minimum atomic E-state index is -3.54. The number of aliphatic hydroxyl groups excluding tert-OH is 1. The smallest absolute Gasteiger partial charge is 0.240 e. The molecule has 0 radical (unpaired) electrons. The van der Waals surface area contributed by atoms with Crippen molar-refractivity contribution in [3.8, 4) is 0 Å². The normalized spacial score (nSPS) is 12.0. The van der Waals surface area contributed by atoms with E-state index in [0.717, 1.165) is 0 Å². The van der Waals surface area contributed by atoms with Crippen LogP contribution < -0.4 is 4.72 Å². The Kier molecular flexibility index (Phi) is 7.31. The van der Waals surface area contributed by atoms with Crippen molar-refractivity contribution in [1.29, 1.82) is 0 Å². The molecule has 6 heteroatoms. The molecule has 0 aliphatic heterocycles. The average Bonchev–Trinajstić information content (AvgIpc) is 2.42. The van der Waals surface area contributed by atoms with Crippen LogP contribution in [0, 0.1) is 12.8 Å². The summed E-state index contributed by atoms with van der Waals surface area (Å²) in [6.07, 6.45) is 0.630. The first-order valence-corrected chi connectivity index (χ1v) is 8.63. The second-order valence-corrected chi connectivity index (χ2v) is 7.21. The first-order chi connectivity index (χ1) is 9.86. The summed E-state index contributed by atoms with van der Waals surface area (Å²) in [5.74, 6) is 0.477. The van der Waals surface area contributed by atoms with Crippen LogP contribution in [0.4, 0.5) is 0 Å². The third-order valence-corrected chi connectivity index (χ3v) is 4.54. The monoisotopic (exact) mass is 315 g/mol. The lowest BCUT2D eigenvalue weighted by Crippen LogP contribution is -2.26. The van der Waals surface area contributed by atoms with Crippen molar-refractivity contribution < 1.29 is 18.3 Å². The predicted octanol–water partition coefficient (Wildman–Crippen LogP) is 1.83. The lowest BCUT2D eigenvalue weighted by Gasteiger charge is -2.11. The van der Waals surface area contributed by atoms with Gasteiger partial charge in [-0.2, -0.15) is 0 Å². The summed E-state index contributed by atoms with van der Waals surface area (Å²) in [6, 6.07) is 4.92. The van der Waals surface area contributed by atoms with E-state index in [4.69, 9.17) is 9.84 Å². The Morgan fingerprint density at radius 3 is 2.67 bits per heavy atom. The fourth-order valence-electron chi connectivity index (χ4n) is 1.81. The van der Waals surface area contributed by atoms with E-state index in [9.17, 15) is 8.42 Å². The third kappa shape index (κ3) is 6.13. The van der Waals surface area contributed by atoms with Crippen LogP contribution in [-0.4, -0.2) is 33.3 Å². The van der Waals surface area contributed by atoms with Crippen molar-refractivity contribution in [2.24, 2.45) is 5.92 Å². The minimum Gasteiger partial charge on any atom is -0.392 e. The lowest BCUT2D eigenvalue weighted by atomic mass is 10.2. The van der Waals surface area contributed by atoms with E-state index in [1.807, 2.05) is 0 Å². The van der Waals surface area contributed by atoms with Gasteiger partial charge in [0.25, 0.3) is 0 Å². The Hall–Kier alpha value is -0.950. The van der Waals surface area contributed by atoms with E-state index in [0.29, 0.717) is 43.2 Å². The Labute approximate surface area is 127 Å². The fraction of sp³-hybridized carbons (Fsp3) is 0.600. The summed E-state index contributed by atoms with van der Waals surface area (Å²) in [5.41, 5.74) is 1.25. The van der Waals surface area contributed by atoms with Crippen LogP contribution in [0.5, 0.6) is 0 Å². The second kappa shape index (κ2) is 8.48. The molecule has 0 aliphatic carbocycles. The summed E-state index contributed by atoms with van der Waals surface area (Å²) in [7, 11) is -3.54. The highest BCUT2D eigenvalue weighted by atomic mass is 32.2. The van der Waals surface area contributed by atoms with Crippen LogP contribution in [0.25, 0.3) is 0 Å². The zero-order valence-corrected chi connectivity index (χ0v) is 13.7. The number of ether oxygens (including phenoxy) is 1. The van der Waals surface area contributed by atoms with Gasteiger partial charge in [0.05, 0.1) is 11.5 Å². The van der Waals surface area contributed by atoms with Gasteiger partial charge in [0.15, 0.2) is 0 Å². The Bertz CT molecular complexity index is 541. The first kappa shape index (κ1) is 18.1. The van der Waals surface area contributed by atoms with Crippen LogP contribution in [0.3, 0.4) is 0 Å². The van der Waals surface area contributed by atoms with Crippen molar-refractivity contribution in [2.75, 3.05) is 19.8 Å². The number of hydrogen-bond acceptors (Lipinski definition) is 4. The highest BCUT2D eigenvalue weighted by molar-refractivity contribution is 7.89. The Balaban J connectivity index is 2.54. The topological polar surface area (TPSA) is 75.6 Å². The molecule has 0 heterocycles. The number of aryl methyl sites for hydroxylation is 1. The number of benzene rings is 1. The van der Waals surface area contributed by atoms with Crippen molar-refractivity contribution in [3.63, 3.8) is 0 Å². The molecule has 1 rings (SSSR count). The SMILES string of the molecule is Cc1ccc(CO)cc1S(=O)(=O)NCCCOCC(C)C. The van der Waals surface area contributed by atoms with E-state index in [-0.39, 0.29) is 11.5 Å². The highest BCUT2D eigenvalue weighted by Gasteiger charge is 2.16. The van der Waals surface area contributed by atoms with Crippen LogP contribution >= 0.6 is 0 Å². The van der Waals surface area contributed by atoms with E-state index in [1.54, 1.807) is 19.1 Å². The molecule has 21 heavy (non-hydrogen) atoms. The van der Waals surface area contributed by atoms with Crippen LogP contribution in [0.15, 0.2) is 23.1 Å². The van der Waals surface area contributed by atoms with Gasteiger partial charge in [0.2, 0.25) is 10.0 Å². The van der Waals surface area contributed by atoms with E-state index < -0.39 is 10.0 Å². The lowest BCUT2D eigenvalue weighted by molar-refractivity contribution is 0.108. The average molecular weight is 315 g/mol. The van der Waals surface area contributed by atoms with Crippen LogP contribution in [0.1, 0.15) is 31.4 Å². The van der Waals surface area contributed by atoms with Crippen molar-refractivity contribution in [3.05, 3.63) is 29.3 Å². The number of hydrogen-bond donors (Lipinski definition) is 2. The number of rotatable bonds is 9. The molecule has 2 N–H and O–H groups in total. The first-order valence-electron chi connectivity index (χ1n) is 7.14. The molecule has 0 bridgehead atoms. The van der Waals surface area contributed by atoms with Crippen molar-refractivity contribution in [1.82, 2.24) is 4.72 Å². The maximum absolute atomic E-state index is 12.2. The molecular formula is C15H25NO4S. The van der Waals surface area contributed by atoms with E-state index >= 15 is 0 Å². The molecule has 1 aromatic carbocycles. The van der Waals surface area contributed by atoms with Gasteiger partial charge in [-0.05, 0) is 36.5 Å². The van der Waals surface area contributed by atoms with Crippen molar-refractivity contribution >= 4 is 10.0 Å². The largest absolute Gasteiger partial charge is 0.392 e. The van der Waals surface area contributed by atoms with Gasteiger partial charge in [-0.25, -0.2) is 13.1 Å². The molecule has 0 atom stereocenters. The number of aliphatic hydroxyl groups is 1. The second-order valence-electron chi connectivity index (χ2n) is 5.48.